The summed E-state index contributed by atoms with van der Waals surface area (Å²) in [5.41, 5.74) is 0.375. The van der Waals surface area contributed by atoms with Crippen LogP contribution in [0.25, 0.3) is 10.2 Å². The first-order chi connectivity index (χ1) is 15.5. The molecule has 1 aliphatic heterocycles. The van der Waals surface area contributed by atoms with Gasteiger partial charge in [0.15, 0.2) is 16.7 Å². The maximum absolute atomic E-state index is 14.9. The predicted molar refractivity (Wildman–Crippen MR) is 115 cm³/mol. The van der Waals surface area contributed by atoms with Gasteiger partial charge in [-0.1, -0.05) is 29.5 Å². The number of carbonyl (C=O) groups is 2. The summed E-state index contributed by atoms with van der Waals surface area (Å²) in [6, 6.07) is 12.7. The van der Waals surface area contributed by atoms with Crippen LogP contribution in [0.5, 0.6) is 5.75 Å². The smallest absolute Gasteiger partial charge is 0.296 e. The normalized spacial score (nSPS) is 16.2. The topological polar surface area (TPSA) is 92.9 Å². The molecule has 5 rings (SSSR count). The Labute approximate surface area is 185 Å². The monoisotopic (exact) mass is 450 g/mol. The number of methoxy groups -OCH3 is 1. The van der Waals surface area contributed by atoms with E-state index in [4.69, 9.17) is 9.15 Å². The van der Waals surface area contributed by atoms with Crippen LogP contribution >= 0.6 is 11.3 Å². The molecule has 32 heavy (non-hydrogen) atoms. The van der Waals surface area contributed by atoms with Crippen LogP contribution in [0.2, 0.25) is 0 Å². The van der Waals surface area contributed by atoms with Crippen LogP contribution in [0.3, 0.4) is 0 Å². The lowest BCUT2D eigenvalue weighted by molar-refractivity contribution is -0.117. The molecule has 0 aliphatic carbocycles. The van der Waals surface area contributed by atoms with Gasteiger partial charge in [0, 0.05) is 5.56 Å². The van der Waals surface area contributed by atoms with Crippen molar-refractivity contribution in [1.82, 2.24) is 4.98 Å². The molecule has 7 nitrogen and oxygen atoms in total. The summed E-state index contributed by atoms with van der Waals surface area (Å²) in [5.74, 6) is -2.41. The summed E-state index contributed by atoms with van der Waals surface area (Å²) in [6.45, 7) is 0. The Morgan fingerprint density at radius 1 is 1.22 bits per heavy atom. The summed E-state index contributed by atoms with van der Waals surface area (Å²) in [5, 5.41) is 10.9. The Hall–Kier alpha value is -3.98. The standard InChI is InChI=1S/C23H15FN2O5S/c1-30-12-8-9-15-17(11-12)32-23(25-15)26-19(13-5-2-3-6-14(13)24)18(21(28)22(26)29)20(27)16-7-4-10-31-16/h2-11,19,28H,1H3/t19-/m1/s1. The van der Waals surface area contributed by atoms with Gasteiger partial charge in [0.25, 0.3) is 5.91 Å². The number of hydrogen-bond acceptors (Lipinski definition) is 7. The fourth-order valence-electron chi connectivity index (χ4n) is 3.69. The predicted octanol–water partition coefficient (Wildman–Crippen LogP) is 4.82. The molecule has 0 spiro atoms. The number of thiazole rings is 1. The van der Waals surface area contributed by atoms with Crippen molar-refractivity contribution in [1.29, 1.82) is 0 Å². The highest BCUT2D eigenvalue weighted by Crippen LogP contribution is 2.45. The average molecular weight is 450 g/mol. The van der Waals surface area contributed by atoms with Crippen LogP contribution in [0.15, 0.2) is 76.6 Å². The number of amides is 1. The first kappa shape index (κ1) is 20.0. The van der Waals surface area contributed by atoms with E-state index in [0.29, 0.717) is 11.3 Å². The van der Waals surface area contributed by atoms with Crippen LogP contribution in [-0.4, -0.2) is 28.9 Å². The molecule has 0 saturated carbocycles. The number of aliphatic hydroxyl groups excluding tert-OH is 1. The molecule has 1 aliphatic rings. The number of halogens is 1. The molecule has 0 saturated heterocycles. The van der Waals surface area contributed by atoms with E-state index in [9.17, 15) is 19.1 Å². The highest BCUT2D eigenvalue weighted by Gasteiger charge is 2.47. The lowest BCUT2D eigenvalue weighted by Gasteiger charge is -2.24. The van der Waals surface area contributed by atoms with Crippen molar-refractivity contribution in [2.75, 3.05) is 12.0 Å². The summed E-state index contributed by atoms with van der Waals surface area (Å²) < 4.78 is 26.0. The molecule has 2 aromatic heterocycles. The number of fused-ring (bicyclic) bond motifs is 1. The lowest BCUT2D eigenvalue weighted by Crippen LogP contribution is -2.31. The SMILES string of the molecule is COc1ccc2nc(N3C(=O)C(O)=C(C(=O)c4ccco4)[C@H]3c3ccccc3F)sc2c1. The molecule has 3 heterocycles. The van der Waals surface area contributed by atoms with Gasteiger partial charge in [0.2, 0.25) is 5.78 Å². The first-order valence-corrected chi connectivity index (χ1v) is 10.3. The van der Waals surface area contributed by atoms with Crippen molar-refractivity contribution < 1.29 is 28.2 Å². The second-order valence-corrected chi connectivity index (χ2v) is 8.01. The highest BCUT2D eigenvalue weighted by molar-refractivity contribution is 7.22. The molecular formula is C23H15FN2O5S. The minimum absolute atomic E-state index is 0.0524. The van der Waals surface area contributed by atoms with E-state index in [-0.39, 0.29) is 22.0 Å². The number of aromatic nitrogens is 1. The van der Waals surface area contributed by atoms with E-state index in [1.54, 1.807) is 24.3 Å². The van der Waals surface area contributed by atoms with E-state index >= 15 is 0 Å². The van der Waals surface area contributed by atoms with Crippen molar-refractivity contribution in [2.45, 2.75) is 6.04 Å². The minimum atomic E-state index is -1.22. The van der Waals surface area contributed by atoms with Crippen LogP contribution in [0, 0.1) is 5.82 Å². The maximum atomic E-state index is 14.9. The van der Waals surface area contributed by atoms with Crippen LogP contribution < -0.4 is 9.64 Å². The Morgan fingerprint density at radius 3 is 2.75 bits per heavy atom. The van der Waals surface area contributed by atoms with Crippen LogP contribution in [-0.2, 0) is 4.79 Å². The van der Waals surface area contributed by atoms with Crippen molar-refractivity contribution in [3.8, 4) is 5.75 Å². The van der Waals surface area contributed by atoms with Gasteiger partial charge in [-0.2, -0.15) is 0 Å². The molecule has 4 aromatic rings. The molecule has 0 unspecified atom stereocenters. The second-order valence-electron chi connectivity index (χ2n) is 7.00. The number of ketones is 1. The zero-order valence-corrected chi connectivity index (χ0v) is 17.4. The quantitative estimate of drug-likeness (QED) is 0.438. The Bertz CT molecular complexity index is 1390. The number of ether oxygens (including phenoxy) is 1. The van der Waals surface area contributed by atoms with E-state index < -0.39 is 29.3 Å². The molecule has 1 amide bonds. The summed E-state index contributed by atoms with van der Waals surface area (Å²) in [7, 11) is 1.54. The number of benzene rings is 2. The highest BCUT2D eigenvalue weighted by atomic mass is 32.1. The summed E-state index contributed by atoms with van der Waals surface area (Å²) in [4.78, 5) is 31.9. The number of hydrogen-bond donors (Lipinski definition) is 1. The van der Waals surface area contributed by atoms with E-state index in [1.165, 1.54) is 43.7 Å². The molecule has 0 fully saturated rings. The molecule has 0 bridgehead atoms. The molecule has 2 aromatic carbocycles. The van der Waals surface area contributed by atoms with Crippen molar-refractivity contribution >= 4 is 38.4 Å². The van der Waals surface area contributed by atoms with E-state index in [2.05, 4.69) is 4.98 Å². The van der Waals surface area contributed by atoms with E-state index in [1.807, 2.05) is 0 Å². The maximum Gasteiger partial charge on any atom is 0.296 e. The van der Waals surface area contributed by atoms with Crippen molar-refractivity contribution in [3.63, 3.8) is 0 Å². The van der Waals surface area contributed by atoms with Gasteiger partial charge >= 0.3 is 0 Å². The van der Waals surface area contributed by atoms with Gasteiger partial charge < -0.3 is 14.3 Å². The molecule has 1 N–H and O–H groups in total. The number of nitrogens with zero attached hydrogens (tertiary/aromatic N) is 2. The van der Waals surface area contributed by atoms with Gasteiger partial charge in [-0.05, 0) is 36.4 Å². The number of anilines is 1. The Balaban J connectivity index is 1.69. The second kappa shape index (κ2) is 7.61. The third kappa shape index (κ3) is 3.05. The third-order valence-corrected chi connectivity index (χ3v) is 6.21. The zero-order chi connectivity index (χ0) is 22.4. The summed E-state index contributed by atoms with van der Waals surface area (Å²) >= 11 is 1.16. The molecule has 9 heteroatoms. The number of furan rings is 1. The average Bonchev–Trinajstić information content (AvgIpc) is 3.52. The zero-order valence-electron chi connectivity index (χ0n) is 16.6. The fourth-order valence-corrected chi connectivity index (χ4v) is 4.71. The molecule has 0 radical (unpaired) electrons. The Morgan fingerprint density at radius 2 is 2.03 bits per heavy atom. The number of Topliss-reactive ketones (excluding diaryl/α,β-unsaturated/α-hetero) is 1. The van der Waals surface area contributed by atoms with Gasteiger partial charge in [0.05, 0.1) is 29.2 Å². The molecular weight excluding hydrogens is 435 g/mol. The van der Waals surface area contributed by atoms with Gasteiger partial charge in [-0.3, -0.25) is 14.5 Å². The Kier molecular flexibility index (Phi) is 4.75. The summed E-state index contributed by atoms with van der Waals surface area (Å²) in [6.07, 6.45) is 1.30. The van der Waals surface area contributed by atoms with Crippen molar-refractivity contribution in [2.24, 2.45) is 0 Å². The van der Waals surface area contributed by atoms with Gasteiger partial charge in [-0.25, -0.2) is 9.37 Å². The largest absolute Gasteiger partial charge is 0.503 e. The third-order valence-electron chi connectivity index (χ3n) is 5.19. The van der Waals surface area contributed by atoms with Gasteiger partial charge in [0.1, 0.15) is 17.6 Å². The lowest BCUT2D eigenvalue weighted by atomic mass is 9.95. The van der Waals surface area contributed by atoms with E-state index in [0.717, 1.165) is 20.9 Å². The van der Waals surface area contributed by atoms with Crippen molar-refractivity contribution in [3.05, 3.63) is 89.3 Å². The first-order valence-electron chi connectivity index (χ1n) is 9.53. The molecule has 1 atom stereocenters. The number of rotatable bonds is 5. The minimum Gasteiger partial charge on any atom is -0.503 e. The van der Waals surface area contributed by atoms with Crippen LogP contribution in [0.1, 0.15) is 22.2 Å². The number of aliphatic hydroxyl groups is 1. The fraction of sp³-hybridized carbons (Fsp3) is 0.0870. The van der Waals surface area contributed by atoms with Gasteiger partial charge in [-0.15, -0.1) is 0 Å². The van der Waals surface area contributed by atoms with Crippen LogP contribution in [0.4, 0.5) is 9.52 Å². The molecule has 160 valence electrons. The number of carbonyl (C=O) groups excluding carboxylic acids is 2.